The number of thiazole rings is 1. The molecule has 0 amide bonds. The second-order valence-corrected chi connectivity index (χ2v) is 9.37. The average molecular weight is 373 g/mol. The van der Waals surface area contributed by atoms with Gasteiger partial charge in [-0.15, -0.1) is 11.3 Å². The molecule has 0 N–H and O–H groups in total. The zero-order valence-electron chi connectivity index (χ0n) is 13.8. The van der Waals surface area contributed by atoms with Crippen molar-refractivity contribution < 1.29 is 8.42 Å². The number of hydrogen-bond donors (Lipinski definition) is 0. The van der Waals surface area contributed by atoms with Gasteiger partial charge < -0.3 is 0 Å². The molecule has 1 fully saturated rings. The van der Waals surface area contributed by atoms with Gasteiger partial charge >= 0.3 is 0 Å². The molecule has 0 aliphatic carbocycles. The van der Waals surface area contributed by atoms with Crippen LogP contribution in [0, 0.1) is 0 Å². The minimum atomic E-state index is -3.37. The van der Waals surface area contributed by atoms with Gasteiger partial charge in [0, 0.05) is 6.54 Å². The first-order valence-electron chi connectivity index (χ1n) is 8.52. The van der Waals surface area contributed by atoms with Crippen LogP contribution >= 0.6 is 11.3 Å². The molecule has 1 aromatic heterocycles. The number of para-hydroxylation sites is 1. The molecule has 25 heavy (non-hydrogen) atoms. The second kappa shape index (κ2) is 6.86. The van der Waals surface area contributed by atoms with Crippen LogP contribution < -0.4 is 0 Å². The maximum absolute atomic E-state index is 13.1. The van der Waals surface area contributed by atoms with Crippen molar-refractivity contribution in [2.75, 3.05) is 6.54 Å². The third kappa shape index (κ3) is 3.47. The summed E-state index contributed by atoms with van der Waals surface area (Å²) in [4.78, 5) is 4.72. The lowest BCUT2D eigenvalue weighted by atomic mass is 10.1. The van der Waals surface area contributed by atoms with Gasteiger partial charge in [-0.3, -0.25) is 0 Å². The first-order valence-corrected chi connectivity index (χ1v) is 10.9. The second-order valence-electron chi connectivity index (χ2n) is 6.38. The van der Waals surface area contributed by atoms with Gasteiger partial charge in [0.05, 0.1) is 22.0 Å². The van der Waals surface area contributed by atoms with Gasteiger partial charge in [0.25, 0.3) is 0 Å². The maximum atomic E-state index is 13.1. The van der Waals surface area contributed by atoms with E-state index in [1.54, 1.807) is 15.6 Å². The molecular formula is C19H20N2O2S2. The Morgan fingerprint density at radius 2 is 1.80 bits per heavy atom. The third-order valence-corrected chi connectivity index (χ3v) is 7.59. The largest absolute Gasteiger partial charge is 0.239 e. The van der Waals surface area contributed by atoms with E-state index in [1.807, 2.05) is 54.6 Å². The Labute approximate surface area is 152 Å². The van der Waals surface area contributed by atoms with E-state index < -0.39 is 10.0 Å². The fraction of sp³-hybridized carbons (Fsp3) is 0.316. The monoisotopic (exact) mass is 372 g/mol. The normalized spacial score (nSPS) is 19.3. The quantitative estimate of drug-likeness (QED) is 0.684. The number of sulfonamides is 1. The summed E-state index contributed by atoms with van der Waals surface area (Å²) in [5, 5.41) is 0.914. The molecule has 3 aromatic rings. The van der Waals surface area contributed by atoms with Crippen LogP contribution in [0.1, 0.15) is 35.9 Å². The zero-order valence-corrected chi connectivity index (χ0v) is 15.5. The van der Waals surface area contributed by atoms with Crippen molar-refractivity contribution in [1.82, 2.24) is 9.29 Å². The van der Waals surface area contributed by atoms with E-state index >= 15 is 0 Å². The Kier molecular flexibility index (Phi) is 4.58. The van der Waals surface area contributed by atoms with Crippen molar-refractivity contribution in [2.24, 2.45) is 0 Å². The van der Waals surface area contributed by atoms with Crippen LogP contribution in [0.25, 0.3) is 10.2 Å². The first kappa shape index (κ1) is 16.7. The summed E-state index contributed by atoms with van der Waals surface area (Å²) < 4.78 is 28.9. The number of rotatable bonds is 4. The van der Waals surface area contributed by atoms with Crippen LogP contribution in [0.3, 0.4) is 0 Å². The molecule has 130 valence electrons. The van der Waals surface area contributed by atoms with Crippen LogP contribution in [0.15, 0.2) is 54.6 Å². The smallest absolute Gasteiger partial charge is 0.218 e. The molecule has 1 aliphatic rings. The van der Waals surface area contributed by atoms with E-state index in [-0.39, 0.29) is 11.8 Å². The third-order valence-electron chi connectivity index (χ3n) is 4.60. The lowest BCUT2D eigenvalue weighted by molar-refractivity contribution is 0.255. The standard InChI is InChI=1S/C19H20N2O2S2/c22-25(23,14-15-8-2-1-3-9-15)21-13-7-6-11-17(21)19-20-16-10-4-5-12-18(16)24-19/h1-5,8-10,12,17H,6-7,11,13-14H2. The molecule has 0 spiro atoms. The number of piperidine rings is 1. The summed E-state index contributed by atoms with van der Waals surface area (Å²) in [6.07, 6.45) is 2.79. The van der Waals surface area contributed by atoms with Crippen molar-refractivity contribution in [2.45, 2.75) is 31.1 Å². The minimum Gasteiger partial charge on any atom is -0.239 e. The summed E-state index contributed by atoms with van der Waals surface area (Å²) in [7, 11) is -3.37. The lowest BCUT2D eigenvalue weighted by Crippen LogP contribution is -2.39. The Morgan fingerprint density at radius 1 is 1.04 bits per heavy atom. The molecular weight excluding hydrogens is 352 g/mol. The van der Waals surface area contributed by atoms with E-state index in [4.69, 9.17) is 4.98 Å². The Bertz CT molecular complexity index is 934. The highest BCUT2D eigenvalue weighted by molar-refractivity contribution is 7.88. The fourth-order valence-electron chi connectivity index (χ4n) is 3.39. The summed E-state index contributed by atoms with van der Waals surface area (Å²) in [6.45, 7) is 0.579. The molecule has 1 aliphatic heterocycles. The predicted molar refractivity (Wildman–Crippen MR) is 102 cm³/mol. The topological polar surface area (TPSA) is 50.3 Å². The van der Waals surface area contributed by atoms with E-state index in [0.717, 1.165) is 40.1 Å². The van der Waals surface area contributed by atoms with Gasteiger partial charge in [-0.1, -0.05) is 48.9 Å². The maximum Gasteiger partial charge on any atom is 0.218 e. The molecule has 2 heterocycles. The molecule has 0 radical (unpaired) electrons. The van der Waals surface area contributed by atoms with Gasteiger partial charge in [0.2, 0.25) is 10.0 Å². The summed E-state index contributed by atoms with van der Waals surface area (Å²) in [5.41, 5.74) is 1.78. The number of hydrogen-bond acceptors (Lipinski definition) is 4. The highest BCUT2D eigenvalue weighted by Gasteiger charge is 2.35. The average Bonchev–Trinajstić information content (AvgIpc) is 3.06. The van der Waals surface area contributed by atoms with Crippen molar-refractivity contribution in [3.63, 3.8) is 0 Å². The molecule has 4 rings (SSSR count). The number of benzene rings is 2. The lowest BCUT2D eigenvalue weighted by Gasteiger charge is -2.33. The number of nitrogens with zero attached hydrogens (tertiary/aromatic N) is 2. The Morgan fingerprint density at radius 3 is 2.60 bits per heavy atom. The van der Waals surface area contributed by atoms with Crippen LogP contribution in [-0.2, 0) is 15.8 Å². The first-order chi connectivity index (χ1) is 12.1. The van der Waals surface area contributed by atoms with Gasteiger partial charge in [-0.05, 0) is 30.5 Å². The molecule has 1 saturated heterocycles. The van der Waals surface area contributed by atoms with E-state index in [0.29, 0.717) is 6.54 Å². The fourth-order valence-corrected chi connectivity index (χ4v) is 6.35. The van der Waals surface area contributed by atoms with Gasteiger partial charge in [-0.25, -0.2) is 13.4 Å². The molecule has 4 nitrogen and oxygen atoms in total. The van der Waals surface area contributed by atoms with Crippen molar-refractivity contribution in [1.29, 1.82) is 0 Å². The Hall–Kier alpha value is -1.76. The summed E-state index contributed by atoms with van der Waals surface area (Å²) in [5.74, 6) is 0.0508. The Balaban J connectivity index is 1.66. The molecule has 2 aromatic carbocycles. The van der Waals surface area contributed by atoms with E-state index in [1.165, 1.54) is 0 Å². The molecule has 0 saturated carbocycles. The van der Waals surface area contributed by atoms with Crippen molar-refractivity contribution in [3.8, 4) is 0 Å². The van der Waals surface area contributed by atoms with Crippen molar-refractivity contribution >= 4 is 31.6 Å². The highest BCUT2D eigenvalue weighted by atomic mass is 32.2. The SMILES string of the molecule is O=S(=O)(Cc1ccccc1)N1CCCCC1c1nc2ccccc2s1. The summed E-state index contributed by atoms with van der Waals surface area (Å²) in [6, 6.07) is 17.3. The summed E-state index contributed by atoms with van der Waals surface area (Å²) >= 11 is 1.61. The van der Waals surface area contributed by atoms with Crippen molar-refractivity contribution in [3.05, 3.63) is 65.2 Å². The predicted octanol–water partition coefficient (Wildman–Crippen LogP) is 4.35. The van der Waals surface area contributed by atoms with Crippen LogP contribution in [0.5, 0.6) is 0 Å². The molecule has 0 bridgehead atoms. The number of fused-ring (bicyclic) bond motifs is 1. The molecule has 1 atom stereocenters. The van der Waals surface area contributed by atoms with Gasteiger partial charge in [0.1, 0.15) is 5.01 Å². The van der Waals surface area contributed by atoms with E-state index in [9.17, 15) is 8.42 Å². The van der Waals surface area contributed by atoms with E-state index in [2.05, 4.69) is 0 Å². The number of aromatic nitrogens is 1. The molecule has 1 unspecified atom stereocenters. The van der Waals surface area contributed by atoms with Gasteiger partial charge in [-0.2, -0.15) is 4.31 Å². The highest BCUT2D eigenvalue weighted by Crippen LogP contribution is 2.37. The minimum absolute atomic E-state index is 0.0508. The van der Waals surface area contributed by atoms with Gasteiger partial charge in [0.15, 0.2) is 0 Å². The van der Waals surface area contributed by atoms with Crippen LogP contribution in [-0.4, -0.2) is 24.3 Å². The zero-order chi connectivity index (χ0) is 17.3. The molecule has 6 heteroatoms. The van der Waals surface area contributed by atoms with Crippen LogP contribution in [0.2, 0.25) is 0 Å². The van der Waals surface area contributed by atoms with Crippen LogP contribution in [0.4, 0.5) is 0 Å².